The Bertz CT molecular complexity index is 811. The van der Waals surface area contributed by atoms with Crippen molar-refractivity contribution in [2.45, 2.75) is 24.3 Å². The van der Waals surface area contributed by atoms with Crippen LogP contribution in [0.5, 0.6) is 5.75 Å². The molecule has 1 unspecified atom stereocenters. The van der Waals surface area contributed by atoms with Crippen molar-refractivity contribution in [2.24, 2.45) is 0 Å². The zero-order valence-corrected chi connectivity index (χ0v) is 16.7. The molecule has 0 saturated heterocycles. The molecule has 1 heterocycles. The predicted molar refractivity (Wildman–Crippen MR) is 107 cm³/mol. The number of nitrogens with one attached hydrogen (secondary N) is 2. The van der Waals surface area contributed by atoms with E-state index in [0.29, 0.717) is 23.6 Å². The SMILES string of the molecule is CC(NC(=O)CCSc1ccc(Br)cc1)c1ccc2c(c1)NC(=O)CO2. The van der Waals surface area contributed by atoms with Crippen LogP contribution in [0.1, 0.15) is 24.9 Å². The van der Waals surface area contributed by atoms with Gasteiger partial charge in [0.05, 0.1) is 11.7 Å². The molecule has 3 rings (SSSR count). The molecule has 1 aliphatic rings. The van der Waals surface area contributed by atoms with Crippen LogP contribution in [-0.2, 0) is 9.59 Å². The fourth-order valence-electron chi connectivity index (χ4n) is 2.56. The Labute approximate surface area is 165 Å². The van der Waals surface area contributed by atoms with Crippen molar-refractivity contribution in [1.82, 2.24) is 5.32 Å². The summed E-state index contributed by atoms with van der Waals surface area (Å²) in [4.78, 5) is 24.8. The van der Waals surface area contributed by atoms with E-state index in [1.165, 1.54) is 0 Å². The molecule has 5 nitrogen and oxygen atoms in total. The Morgan fingerprint density at radius 2 is 2.08 bits per heavy atom. The first-order chi connectivity index (χ1) is 12.5. The normalized spacial score (nSPS) is 14.0. The van der Waals surface area contributed by atoms with E-state index in [4.69, 9.17) is 4.74 Å². The van der Waals surface area contributed by atoms with Gasteiger partial charge in [-0.05, 0) is 48.9 Å². The summed E-state index contributed by atoms with van der Waals surface area (Å²) in [6, 6.07) is 13.4. The summed E-state index contributed by atoms with van der Waals surface area (Å²) < 4.78 is 6.39. The summed E-state index contributed by atoms with van der Waals surface area (Å²) in [5.74, 6) is 1.20. The van der Waals surface area contributed by atoms with Crippen molar-refractivity contribution in [3.63, 3.8) is 0 Å². The van der Waals surface area contributed by atoms with Gasteiger partial charge in [-0.15, -0.1) is 11.8 Å². The summed E-state index contributed by atoms with van der Waals surface area (Å²) in [5.41, 5.74) is 1.56. The van der Waals surface area contributed by atoms with Crippen LogP contribution in [-0.4, -0.2) is 24.2 Å². The number of rotatable bonds is 6. The van der Waals surface area contributed by atoms with Crippen molar-refractivity contribution in [3.05, 3.63) is 52.5 Å². The lowest BCUT2D eigenvalue weighted by molar-refractivity contribution is -0.121. The smallest absolute Gasteiger partial charge is 0.262 e. The Morgan fingerprint density at radius 3 is 2.85 bits per heavy atom. The van der Waals surface area contributed by atoms with Crippen molar-refractivity contribution < 1.29 is 14.3 Å². The molecule has 136 valence electrons. The lowest BCUT2D eigenvalue weighted by Crippen LogP contribution is -2.28. The van der Waals surface area contributed by atoms with Gasteiger partial charge in [-0.3, -0.25) is 9.59 Å². The van der Waals surface area contributed by atoms with Crippen LogP contribution < -0.4 is 15.4 Å². The number of thioether (sulfide) groups is 1. The monoisotopic (exact) mass is 434 g/mol. The standard InChI is InChI=1S/C19H19BrN2O3S/c1-12(13-2-7-17-16(10-13)22-19(24)11-25-17)21-18(23)8-9-26-15-5-3-14(20)4-6-15/h2-7,10,12H,8-9,11H2,1H3,(H,21,23)(H,22,24). The maximum absolute atomic E-state index is 12.2. The topological polar surface area (TPSA) is 67.4 Å². The first-order valence-electron chi connectivity index (χ1n) is 8.25. The molecule has 2 aromatic carbocycles. The third-order valence-corrected chi connectivity index (χ3v) is 5.47. The number of anilines is 1. The molecule has 0 fully saturated rings. The van der Waals surface area contributed by atoms with Crippen LogP contribution in [0.15, 0.2) is 51.8 Å². The van der Waals surface area contributed by atoms with Gasteiger partial charge in [0.2, 0.25) is 5.91 Å². The highest BCUT2D eigenvalue weighted by Gasteiger charge is 2.18. The molecule has 7 heteroatoms. The fraction of sp³-hybridized carbons (Fsp3) is 0.263. The maximum atomic E-state index is 12.2. The highest BCUT2D eigenvalue weighted by molar-refractivity contribution is 9.10. The second-order valence-corrected chi connectivity index (χ2v) is 8.02. The molecular weight excluding hydrogens is 416 g/mol. The van der Waals surface area contributed by atoms with E-state index in [1.54, 1.807) is 11.8 Å². The Balaban J connectivity index is 1.50. The number of halogens is 1. The first-order valence-corrected chi connectivity index (χ1v) is 10.0. The van der Waals surface area contributed by atoms with Gasteiger partial charge in [-0.1, -0.05) is 22.0 Å². The number of carbonyl (C=O) groups excluding carboxylic acids is 2. The van der Waals surface area contributed by atoms with Crippen LogP contribution in [0.3, 0.4) is 0 Å². The summed E-state index contributed by atoms with van der Waals surface area (Å²) in [5, 5.41) is 5.78. The molecule has 0 saturated carbocycles. The number of amides is 2. The average Bonchev–Trinajstić information content (AvgIpc) is 2.62. The molecule has 26 heavy (non-hydrogen) atoms. The average molecular weight is 435 g/mol. The molecule has 2 N–H and O–H groups in total. The Morgan fingerprint density at radius 1 is 1.31 bits per heavy atom. The lowest BCUT2D eigenvalue weighted by atomic mass is 10.1. The third-order valence-electron chi connectivity index (χ3n) is 3.93. The van der Waals surface area contributed by atoms with Crippen LogP contribution in [0, 0.1) is 0 Å². The van der Waals surface area contributed by atoms with E-state index < -0.39 is 0 Å². The van der Waals surface area contributed by atoms with Gasteiger partial charge < -0.3 is 15.4 Å². The second kappa shape index (κ2) is 8.60. The minimum Gasteiger partial charge on any atom is -0.482 e. The van der Waals surface area contributed by atoms with Gasteiger partial charge in [0.25, 0.3) is 5.91 Å². The van der Waals surface area contributed by atoms with Crippen molar-refractivity contribution in [2.75, 3.05) is 17.7 Å². The van der Waals surface area contributed by atoms with Crippen molar-refractivity contribution in [1.29, 1.82) is 0 Å². The fourth-order valence-corrected chi connectivity index (χ4v) is 3.68. The number of fused-ring (bicyclic) bond motifs is 1. The zero-order valence-electron chi connectivity index (χ0n) is 14.3. The molecule has 0 radical (unpaired) electrons. The van der Waals surface area contributed by atoms with E-state index in [9.17, 15) is 9.59 Å². The van der Waals surface area contributed by atoms with Crippen LogP contribution in [0.25, 0.3) is 0 Å². The highest BCUT2D eigenvalue weighted by Crippen LogP contribution is 2.30. The molecule has 0 aliphatic carbocycles. The van der Waals surface area contributed by atoms with E-state index in [0.717, 1.165) is 14.9 Å². The molecule has 0 aromatic heterocycles. The molecule has 0 bridgehead atoms. The molecular formula is C19H19BrN2O3S. The number of ether oxygens (including phenoxy) is 1. The molecule has 2 aromatic rings. The van der Waals surface area contributed by atoms with Gasteiger partial charge in [-0.2, -0.15) is 0 Å². The Kier molecular flexibility index (Phi) is 6.21. The maximum Gasteiger partial charge on any atom is 0.262 e. The van der Waals surface area contributed by atoms with Gasteiger partial charge in [0.1, 0.15) is 5.75 Å². The van der Waals surface area contributed by atoms with E-state index >= 15 is 0 Å². The van der Waals surface area contributed by atoms with E-state index in [1.807, 2.05) is 49.4 Å². The number of carbonyl (C=O) groups is 2. The van der Waals surface area contributed by atoms with Crippen molar-refractivity contribution in [3.8, 4) is 5.75 Å². The molecule has 2 amide bonds. The Hall–Kier alpha value is -1.99. The summed E-state index contributed by atoms with van der Waals surface area (Å²) in [6.07, 6.45) is 0.440. The quantitative estimate of drug-likeness (QED) is 0.670. The largest absolute Gasteiger partial charge is 0.482 e. The van der Waals surface area contributed by atoms with Gasteiger partial charge >= 0.3 is 0 Å². The second-order valence-electron chi connectivity index (χ2n) is 5.93. The van der Waals surface area contributed by atoms with Crippen LogP contribution >= 0.6 is 27.7 Å². The van der Waals surface area contributed by atoms with Gasteiger partial charge in [0, 0.05) is 21.5 Å². The molecule has 1 aliphatic heterocycles. The van der Waals surface area contributed by atoms with Crippen molar-refractivity contribution >= 4 is 45.2 Å². The third kappa shape index (κ3) is 5.02. The van der Waals surface area contributed by atoms with Crippen LogP contribution in [0.2, 0.25) is 0 Å². The van der Waals surface area contributed by atoms with E-state index in [2.05, 4.69) is 26.6 Å². The minimum absolute atomic E-state index is 0.000109. The first kappa shape index (κ1) is 18.8. The zero-order chi connectivity index (χ0) is 18.5. The van der Waals surface area contributed by atoms with Crippen LogP contribution in [0.4, 0.5) is 5.69 Å². The minimum atomic E-state index is -0.170. The predicted octanol–water partition coefficient (Wildman–Crippen LogP) is 4.14. The van der Waals surface area contributed by atoms with E-state index in [-0.39, 0.29) is 24.5 Å². The molecule has 1 atom stereocenters. The lowest BCUT2D eigenvalue weighted by Gasteiger charge is -2.21. The number of benzene rings is 2. The molecule has 0 spiro atoms. The number of hydrogen-bond acceptors (Lipinski definition) is 4. The summed E-state index contributed by atoms with van der Waals surface area (Å²) in [7, 11) is 0. The van der Waals surface area contributed by atoms with Gasteiger partial charge in [0.15, 0.2) is 6.61 Å². The summed E-state index contributed by atoms with van der Waals surface area (Å²) >= 11 is 5.06. The number of hydrogen-bond donors (Lipinski definition) is 2. The van der Waals surface area contributed by atoms with Gasteiger partial charge in [-0.25, -0.2) is 0 Å². The highest BCUT2D eigenvalue weighted by atomic mass is 79.9. The summed E-state index contributed by atoms with van der Waals surface area (Å²) in [6.45, 7) is 1.96.